The molecule has 0 radical (unpaired) electrons. The SMILES string of the molecule is COc1ccc(C(=O)c2cc(C(=O)c3ccc(Br)cc3)sc2SC)cc1. The molecule has 0 saturated heterocycles. The quantitative estimate of drug-likeness (QED) is 0.359. The van der Waals surface area contributed by atoms with E-state index in [9.17, 15) is 9.59 Å². The number of thiophene rings is 1. The zero-order valence-corrected chi connectivity index (χ0v) is 17.3. The molecule has 0 unspecified atom stereocenters. The molecule has 0 aliphatic carbocycles. The van der Waals surface area contributed by atoms with Gasteiger partial charge in [0.2, 0.25) is 5.78 Å². The molecule has 0 aliphatic heterocycles. The molecule has 0 atom stereocenters. The zero-order chi connectivity index (χ0) is 18.7. The Morgan fingerprint density at radius 3 is 2.12 bits per heavy atom. The molecular weight excluding hydrogens is 432 g/mol. The van der Waals surface area contributed by atoms with Crippen LogP contribution in [0, 0.1) is 0 Å². The van der Waals surface area contributed by atoms with Gasteiger partial charge in [-0.05, 0) is 60.9 Å². The van der Waals surface area contributed by atoms with Crippen LogP contribution >= 0.6 is 39.0 Å². The van der Waals surface area contributed by atoms with E-state index in [2.05, 4.69) is 15.9 Å². The third kappa shape index (κ3) is 3.92. The molecule has 1 heterocycles. The van der Waals surface area contributed by atoms with E-state index in [0.717, 1.165) is 8.68 Å². The summed E-state index contributed by atoms with van der Waals surface area (Å²) >= 11 is 6.20. The lowest BCUT2D eigenvalue weighted by atomic mass is 10.0. The largest absolute Gasteiger partial charge is 0.497 e. The Hall–Kier alpha value is -1.89. The van der Waals surface area contributed by atoms with E-state index in [4.69, 9.17) is 4.74 Å². The van der Waals surface area contributed by atoms with Crippen LogP contribution in [0.4, 0.5) is 0 Å². The van der Waals surface area contributed by atoms with Crippen LogP contribution in [-0.4, -0.2) is 24.9 Å². The highest BCUT2D eigenvalue weighted by molar-refractivity contribution is 9.10. The van der Waals surface area contributed by atoms with Crippen molar-refractivity contribution in [2.45, 2.75) is 4.21 Å². The molecule has 3 nitrogen and oxygen atoms in total. The highest BCUT2D eigenvalue weighted by atomic mass is 79.9. The van der Waals surface area contributed by atoms with Crippen molar-refractivity contribution in [2.24, 2.45) is 0 Å². The van der Waals surface area contributed by atoms with Crippen molar-refractivity contribution in [1.29, 1.82) is 0 Å². The molecule has 0 saturated carbocycles. The molecule has 0 fully saturated rings. The molecule has 2 aromatic carbocycles. The Kier molecular flexibility index (Phi) is 5.96. The van der Waals surface area contributed by atoms with Gasteiger partial charge in [-0.25, -0.2) is 0 Å². The molecule has 0 spiro atoms. The number of ether oxygens (including phenoxy) is 1. The standard InChI is InChI=1S/C20H15BrO3S2/c1-24-15-9-5-12(6-10-15)18(22)16-11-17(26-20(16)25-2)19(23)13-3-7-14(21)8-4-13/h3-11H,1-2H3. The maximum absolute atomic E-state index is 12.9. The first-order valence-electron chi connectivity index (χ1n) is 7.70. The Morgan fingerprint density at radius 2 is 1.54 bits per heavy atom. The summed E-state index contributed by atoms with van der Waals surface area (Å²) in [4.78, 5) is 26.2. The predicted molar refractivity (Wildman–Crippen MR) is 110 cm³/mol. The van der Waals surface area contributed by atoms with Gasteiger partial charge in [0.25, 0.3) is 0 Å². The van der Waals surface area contributed by atoms with Gasteiger partial charge in [0.15, 0.2) is 5.78 Å². The highest BCUT2D eigenvalue weighted by Crippen LogP contribution is 2.34. The van der Waals surface area contributed by atoms with Crippen LogP contribution in [0.25, 0.3) is 0 Å². The summed E-state index contributed by atoms with van der Waals surface area (Å²) in [5.41, 5.74) is 1.74. The summed E-state index contributed by atoms with van der Waals surface area (Å²) < 4.78 is 6.89. The lowest BCUT2D eigenvalue weighted by molar-refractivity contribution is 0.103. The van der Waals surface area contributed by atoms with E-state index in [1.807, 2.05) is 18.4 Å². The second kappa shape index (κ2) is 8.20. The van der Waals surface area contributed by atoms with E-state index >= 15 is 0 Å². The molecule has 0 bridgehead atoms. The summed E-state index contributed by atoms with van der Waals surface area (Å²) in [7, 11) is 1.58. The van der Waals surface area contributed by atoms with E-state index in [0.29, 0.717) is 27.3 Å². The first-order valence-corrected chi connectivity index (χ1v) is 10.5. The first-order chi connectivity index (χ1) is 12.5. The Bertz CT molecular complexity index is 944. The average molecular weight is 447 g/mol. The molecule has 0 amide bonds. The minimum atomic E-state index is -0.0943. The third-order valence-electron chi connectivity index (χ3n) is 3.81. The number of rotatable bonds is 6. The summed E-state index contributed by atoms with van der Waals surface area (Å²) in [6, 6.07) is 15.9. The average Bonchev–Trinajstić information content (AvgIpc) is 3.12. The number of halogens is 1. The summed E-state index contributed by atoms with van der Waals surface area (Å²) in [6.45, 7) is 0. The number of methoxy groups -OCH3 is 1. The second-order valence-electron chi connectivity index (χ2n) is 5.41. The smallest absolute Gasteiger partial charge is 0.203 e. The van der Waals surface area contributed by atoms with Crippen molar-refractivity contribution in [3.63, 3.8) is 0 Å². The van der Waals surface area contributed by atoms with Crippen LogP contribution in [0.2, 0.25) is 0 Å². The summed E-state index contributed by atoms with van der Waals surface area (Å²) in [6.07, 6.45) is 1.91. The minimum absolute atomic E-state index is 0.0772. The number of ketones is 2. The van der Waals surface area contributed by atoms with Gasteiger partial charge in [0.1, 0.15) is 5.75 Å². The maximum Gasteiger partial charge on any atom is 0.203 e. The van der Waals surface area contributed by atoms with Crippen molar-refractivity contribution in [2.75, 3.05) is 13.4 Å². The van der Waals surface area contributed by atoms with Crippen LogP contribution in [0.3, 0.4) is 0 Å². The van der Waals surface area contributed by atoms with E-state index in [1.165, 1.54) is 23.1 Å². The molecular formula is C20H15BrO3S2. The molecule has 0 aliphatic rings. The Labute approximate surface area is 168 Å². The Morgan fingerprint density at radius 1 is 0.962 bits per heavy atom. The normalized spacial score (nSPS) is 10.6. The van der Waals surface area contributed by atoms with Gasteiger partial charge >= 0.3 is 0 Å². The van der Waals surface area contributed by atoms with Gasteiger partial charge in [-0.3, -0.25) is 9.59 Å². The molecule has 0 N–H and O–H groups in total. The van der Waals surface area contributed by atoms with Crippen LogP contribution in [0.1, 0.15) is 31.2 Å². The van der Waals surface area contributed by atoms with Gasteiger partial charge in [-0.2, -0.15) is 0 Å². The number of thioether (sulfide) groups is 1. The maximum atomic E-state index is 12.9. The molecule has 26 heavy (non-hydrogen) atoms. The van der Waals surface area contributed by atoms with Crippen LogP contribution in [0.5, 0.6) is 5.75 Å². The number of hydrogen-bond donors (Lipinski definition) is 0. The molecule has 1 aromatic heterocycles. The highest BCUT2D eigenvalue weighted by Gasteiger charge is 2.21. The fourth-order valence-corrected chi connectivity index (χ4v) is 4.52. The fraction of sp³-hybridized carbons (Fsp3) is 0.100. The van der Waals surface area contributed by atoms with Gasteiger partial charge in [-0.15, -0.1) is 23.1 Å². The van der Waals surface area contributed by atoms with Crippen molar-refractivity contribution >= 4 is 50.6 Å². The van der Waals surface area contributed by atoms with Crippen molar-refractivity contribution in [3.8, 4) is 5.75 Å². The van der Waals surface area contributed by atoms with Crippen LogP contribution < -0.4 is 4.74 Å². The second-order valence-corrected chi connectivity index (χ2v) is 8.45. The van der Waals surface area contributed by atoms with Crippen LogP contribution in [0.15, 0.2) is 63.3 Å². The summed E-state index contributed by atoms with van der Waals surface area (Å²) in [5.74, 6) is 0.526. The summed E-state index contributed by atoms with van der Waals surface area (Å²) in [5, 5.41) is 0. The minimum Gasteiger partial charge on any atom is -0.497 e. The molecule has 3 rings (SSSR count). The third-order valence-corrected chi connectivity index (χ3v) is 6.61. The van der Waals surface area contributed by atoms with E-state index < -0.39 is 0 Å². The van der Waals surface area contributed by atoms with Crippen molar-refractivity contribution in [1.82, 2.24) is 0 Å². The van der Waals surface area contributed by atoms with Gasteiger partial charge in [-0.1, -0.05) is 15.9 Å². The lowest BCUT2D eigenvalue weighted by Gasteiger charge is -2.03. The van der Waals surface area contributed by atoms with E-state index in [-0.39, 0.29) is 11.6 Å². The van der Waals surface area contributed by atoms with Crippen LogP contribution in [-0.2, 0) is 0 Å². The van der Waals surface area contributed by atoms with E-state index in [1.54, 1.807) is 49.6 Å². The van der Waals surface area contributed by atoms with Crippen molar-refractivity contribution < 1.29 is 14.3 Å². The van der Waals surface area contributed by atoms with Gasteiger partial charge in [0.05, 0.1) is 16.2 Å². The number of carbonyl (C=O) groups is 2. The first kappa shape index (κ1) is 18.9. The fourth-order valence-electron chi connectivity index (χ4n) is 2.44. The van der Waals surface area contributed by atoms with Gasteiger partial charge in [0, 0.05) is 21.2 Å². The molecule has 3 aromatic rings. The number of benzene rings is 2. The number of carbonyl (C=O) groups excluding carboxylic acids is 2. The molecule has 132 valence electrons. The monoisotopic (exact) mass is 446 g/mol. The molecule has 6 heteroatoms. The topological polar surface area (TPSA) is 43.4 Å². The van der Waals surface area contributed by atoms with Crippen molar-refractivity contribution in [3.05, 3.63) is 80.6 Å². The zero-order valence-electron chi connectivity index (χ0n) is 14.1. The predicted octanol–water partition coefficient (Wildman–Crippen LogP) is 5.70. The number of hydrogen-bond acceptors (Lipinski definition) is 5. The lowest BCUT2D eigenvalue weighted by Crippen LogP contribution is -2.02. The Balaban J connectivity index is 1.94. The van der Waals surface area contributed by atoms with Gasteiger partial charge < -0.3 is 4.74 Å².